The number of fused-ring (bicyclic) bond motifs is 1. The lowest BCUT2D eigenvalue weighted by atomic mass is 10.1. The summed E-state index contributed by atoms with van der Waals surface area (Å²) in [6, 6.07) is 6.44. The molecule has 1 amide bonds. The lowest BCUT2D eigenvalue weighted by Crippen LogP contribution is -2.43. The zero-order chi connectivity index (χ0) is 46.2. The van der Waals surface area contributed by atoms with Crippen molar-refractivity contribution in [3.8, 4) is 0 Å². The Morgan fingerprint density at radius 3 is 2.50 bits per heavy atom. The third kappa shape index (κ3) is 12.5. The van der Waals surface area contributed by atoms with Crippen LogP contribution in [-0.4, -0.2) is 117 Å². The van der Waals surface area contributed by atoms with E-state index in [1.165, 1.54) is 23.2 Å². The monoisotopic (exact) mass is 939 g/mol. The number of benzene rings is 1. The number of hydrogen-bond acceptors (Lipinski definition) is 21. The highest BCUT2D eigenvalue weighted by Gasteiger charge is 2.50. The number of azide groups is 1. The summed E-state index contributed by atoms with van der Waals surface area (Å²) in [5.41, 5.74) is 26.6. The molecule has 9 atom stereocenters. The van der Waals surface area contributed by atoms with E-state index >= 15 is 0 Å². The zero-order valence-corrected chi connectivity index (χ0v) is 35.0. The molecule has 31 heteroatoms. The van der Waals surface area contributed by atoms with Gasteiger partial charge in [0.05, 0.1) is 19.5 Å². The summed E-state index contributed by atoms with van der Waals surface area (Å²) in [5, 5.41) is 17.6. The number of ether oxygens (including phenoxy) is 4. The summed E-state index contributed by atoms with van der Waals surface area (Å²) in [4.78, 5) is 85.8. The normalized spacial score (nSPS) is 23.5. The van der Waals surface area contributed by atoms with Gasteiger partial charge in [0, 0.05) is 29.8 Å². The van der Waals surface area contributed by atoms with Gasteiger partial charge in [-0.1, -0.05) is 29.4 Å². The minimum absolute atomic E-state index is 0.00547. The van der Waals surface area contributed by atoms with Crippen molar-refractivity contribution in [1.82, 2.24) is 34.4 Å². The van der Waals surface area contributed by atoms with Crippen molar-refractivity contribution in [3.05, 3.63) is 75.7 Å². The number of nitrogens with one attached hydrogen (secondary N) is 1. The highest BCUT2D eigenvalue weighted by molar-refractivity contribution is 7.47. The second kappa shape index (κ2) is 20.9. The standard InChI is InChI=1S/C33H43N13O16P2/c34-19(3-1-2-9-38-33(50)56-12-17-4-6-18(7-5-17)43-44-37)31(48)61-27-22(60-30(26(27)47)46-16-41-25-28(36)39-15-40-29(25)46)14-58-64(54,55)62-20-11-24(45-10-8-23(35)42-32(45)49)59-21(20)13-57-63(51,52)53/h4-8,10,15-16,19-22,24,26-27,30,47H,1-3,9,11-14,34H2,(H,38,50)(H,54,55)(H2,35,42,49)(H2,36,39,40)(H2,51,52,53)/t19-,20+,21-,22+,24-,26-,27-,30-/m1/s1. The Labute approximate surface area is 360 Å². The Bertz CT molecular complexity index is 2490. The van der Waals surface area contributed by atoms with Crippen LogP contribution >= 0.6 is 15.6 Å². The smallest absolute Gasteiger partial charge is 0.455 e. The molecular formula is C33H43N13O16P2. The van der Waals surface area contributed by atoms with Crippen LogP contribution in [0.4, 0.5) is 22.1 Å². The number of imidazole rings is 1. The second-order valence-electron chi connectivity index (χ2n) is 14.1. The number of carbonyl (C=O) groups is 2. The van der Waals surface area contributed by atoms with Crippen LogP contribution < -0.4 is 28.2 Å². The van der Waals surface area contributed by atoms with Gasteiger partial charge in [-0.25, -0.2) is 33.7 Å². The van der Waals surface area contributed by atoms with Crippen LogP contribution in [0.3, 0.4) is 0 Å². The summed E-state index contributed by atoms with van der Waals surface area (Å²) in [6.45, 7) is -1.59. The van der Waals surface area contributed by atoms with E-state index in [9.17, 15) is 43.3 Å². The lowest BCUT2D eigenvalue weighted by molar-refractivity contribution is -0.158. The molecule has 0 radical (unpaired) electrons. The molecule has 346 valence electrons. The number of aromatic nitrogens is 6. The average Bonchev–Trinajstić information content (AvgIpc) is 3.94. The van der Waals surface area contributed by atoms with Crippen LogP contribution in [0, 0.1) is 0 Å². The van der Waals surface area contributed by atoms with Crippen molar-refractivity contribution in [2.45, 2.75) is 81.3 Å². The number of aliphatic hydroxyl groups is 1. The average molecular weight is 940 g/mol. The van der Waals surface area contributed by atoms with Crippen molar-refractivity contribution in [1.29, 1.82) is 0 Å². The fourth-order valence-corrected chi connectivity index (χ4v) is 7.83. The lowest BCUT2D eigenvalue weighted by Gasteiger charge is -2.24. The molecule has 64 heavy (non-hydrogen) atoms. The molecule has 0 bridgehead atoms. The molecule has 2 aliphatic heterocycles. The number of rotatable bonds is 20. The van der Waals surface area contributed by atoms with E-state index in [4.69, 9.17) is 50.7 Å². The van der Waals surface area contributed by atoms with Crippen LogP contribution in [0.5, 0.6) is 0 Å². The highest BCUT2D eigenvalue weighted by Crippen LogP contribution is 2.50. The highest BCUT2D eigenvalue weighted by atomic mass is 31.2. The summed E-state index contributed by atoms with van der Waals surface area (Å²) >= 11 is 0. The molecule has 0 spiro atoms. The number of unbranched alkanes of at least 4 members (excludes halogenated alkanes) is 1. The largest absolute Gasteiger partial charge is 0.472 e. The fraction of sp³-hybridized carbons (Fsp3) is 0.485. The Kier molecular flexibility index (Phi) is 15.6. The molecule has 3 aromatic heterocycles. The summed E-state index contributed by atoms with van der Waals surface area (Å²) < 4.78 is 64.8. The van der Waals surface area contributed by atoms with Gasteiger partial charge in [-0.15, -0.1) is 0 Å². The third-order valence-corrected chi connectivity index (χ3v) is 11.1. The van der Waals surface area contributed by atoms with Gasteiger partial charge in [-0.05, 0) is 36.4 Å². The first kappa shape index (κ1) is 47.8. The van der Waals surface area contributed by atoms with Crippen LogP contribution in [0.15, 0.2) is 59.1 Å². The van der Waals surface area contributed by atoms with E-state index in [0.717, 1.165) is 10.9 Å². The number of hydrogen-bond donors (Lipinski definition) is 8. The number of carbonyl (C=O) groups excluding carboxylic acids is 2. The van der Waals surface area contributed by atoms with Crippen LogP contribution in [0.25, 0.3) is 21.6 Å². The van der Waals surface area contributed by atoms with Crippen LogP contribution in [0.2, 0.25) is 0 Å². The Morgan fingerprint density at radius 1 is 1.03 bits per heavy atom. The number of alkyl carbamates (subject to hydrolysis) is 1. The zero-order valence-electron chi connectivity index (χ0n) is 33.2. The van der Waals surface area contributed by atoms with Gasteiger partial charge < -0.3 is 61.3 Å². The minimum atomic E-state index is -5.20. The second-order valence-corrected chi connectivity index (χ2v) is 16.7. The molecule has 29 nitrogen and oxygen atoms in total. The van der Waals surface area contributed by atoms with E-state index in [1.807, 2.05) is 0 Å². The Balaban J connectivity index is 1.07. The number of amides is 1. The first-order chi connectivity index (χ1) is 30.4. The summed E-state index contributed by atoms with van der Waals surface area (Å²) in [6.07, 6.45) is -6.99. The number of anilines is 2. The molecule has 1 unspecified atom stereocenters. The molecule has 2 aliphatic rings. The molecule has 0 aliphatic carbocycles. The minimum Gasteiger partial charge on any atom is -0.455 e. The van der Waals surface area contributed by atoms with Gasteiger partial charge in [0.1, 0.15) is 61.0 Å². The topological polar surface area (TPSA) is 431 Å². The van der Waals surface area contributed by atoms with Crippen molar-refractivity contribution in [2.24, 2.45) is 10.8 Å². The molecule has 6 rings (SSSR count). The summed E-state index contributed by atoms with van der Waals surface area (Å²) in [5.74, 6) is -1.09. The molecule has 5 heterocycles. The van der Waals surface area contributed by atoms with Crippen LogP contribution in [-0.2, 0) is 53.1 Å². The van der Waals surface area contributed by atoms with Gasteiger partial charge in [0.25, 0.3) is 0 Å². The van der Waals surface area contributed by atoms with E-state index in [2.05, 4.69) is 39.8 Å². The Morgan fingerprint density at radius 2 is 1.78 bits per heavy atom. The van der Waals surface area contributed by atoms with Crippen molar-refractivity contribution in [3.63, 3.8) is 0 Å². The van der Waals surface area contributed by atoms with Gasteiger partial charge in [-0.2, -0.15) is 4.98 Å². The molecule has 11 N–H and O–H groups in total. The number of nitrogen functional groups attached to an aromatic ring is 2. The predicted molar refractivity (Wildman–Crippen MR) is 215 cm³/mol. The summed E-state index contributed by atoms with van der Waals surface area (Å²) in [7, 11) is -10.3. The number of nitrogens with two attached hydrogens (primary N) is 3. The molecule has 2 fully saturated rings. The van der Waals surface area contributed by atoms with Gasteiger partial charge in [-0.3, -0.25) is 27.5 Å². The van der Waals surface area contributed by atoms with Crippen molar-refractivity contribution >= 4 is 56.2 Å². The molecule has 1 aromatic carbocycles. The quantitative estimate of drug-likeness (QED) is 0.0151. The first-order valence-corrected chi connectivity index (χ1v) is 22.1. The SMILES string of the molecule is [N-]=[N+]=Nc1ccc(COC(=O)NCCCC[C@@H](N)C(=O)O[C@H]2[C@@H](O)[C@H](n3cnc4c(N)ncnc43)O[C@H]2COP(=O)(O)O[C@H]2C[C@H](n3ccc(N)nc3=O)O[C@@H]2COP(=O)(O)O)cc1. The molecule has 0 saturated carbocycles. The number of esters is 1. The van der Waals surface area contributed by atoms with E-state index in [0.29, 0.717) is 24.1 Å². The van der Waals surface area contributed by atoms with Crippen LogP contribution in [0.1, 0.15) is 43.7 Å². The maximum Gasteiger partial charge on any atom is 0.472 e. The van der Waals surface area contributed by atoms with E-state index in [-0.39, 0.29) is 48.8 Å². The molecule has 4 aromatic rings. The first-order valence-electron chi connectivity index (χ1n) is 19.0. The fourth-order valence-electron chi connectivity index (χ4n) is 6.53. The van der Waals surface area contributed by atoms with E-state index < -0.39 is 95.6 Å². The number of aliphatic hydroxyl groups excluding tert-OH is 1. The number of phosphoric acid groups is 2. The maximum absolute atomic E-state index is 13.4. The van der Waals surface area contributed by atoms with Crippen molar-refractivity contribution in [2.75, 3.05) is 31.2 Å². The predicted octanol–water partition coefficient (Wildman–Crippen LogP) is 0.683. The number of nitrogens with zero attached hydrogens (tertiary/aromatic N) is 9. The maximum atomic E-state index is 13.4. The molecular weight excluding hydrogens is 896 g/mol. The Hall–Kier alpha value is -5.64. The number of phosphoric ester groups is 2. The molecule has 2 saturated heterocycles. The van der Waals surface area contributed by atoms with Gasteiger partial charge in [0.2, 0.25) is 0 Å². The third-order valence-electron chi connectivity index (χ3n) is 9.62. The van der Waals surface area contributed by atoms with E-state index in [1.54, 1.807) is 24.3 Å². The van der Waals surface area contributed by atoms with Crippen molar-refractivity contribution < 1.29 is 71.0 Å². The van der Waals surface area contributed by atoms with Gasteiger partial charge >= 0.3 is 33.4 Å². The van der Waals surface area contributed by atoms with Gasteiger partial charge in [0.15, 0.2) is 23.8 Å².